The molecular formula is C9H7Cl2N3. The molecule has 0 bridgehead atoms. The monoisotopic (exact) mass is 227 g/mol. The highest BCUT2D eigenvalue weighted by Crippen LogP contribution is 2.25. The second-order valence-electron chi connectivity index (χ2n) is 2.92. The zero-order valence-electron chi connectivity index (χ0n) is 7.41. The molecule has 72 valence electrons. The average Bonchev–Trinajstić information content (AvgIpc) is 2.49. The van der Waals surface area contributed by atoms with Crippen molar-refractivity contribution in [3.8, 4) is 11.4 Å². The maximum absolute atomic E-state index is 5.88. The quantitative estimate of drug-likeness (QED) is 0.751. The van der Waals surface area contributed by atoms with Gasteiger partial charge in [0.2, 0.25) is 0 Å². The fourth-order valence-corrected chi connectivity index (χ4v) is 1.75. The highest BCUT2D eigenvalue weighted by Gasteiger charge is 2.06. The first-order valence-electron chi connectivity index (χ1n) is 3.97. The van der Waals surface area contributed by atoms with Gasteiger partial charge in [0.15, 0.2) is 5.82 Å². The van der Waals surface area contributed by atoms with Crippen LogP contribution in [0.4, 0.5) is 0 Å². The lowest BCUT2D eigenvalue weighted by atomic mass is 10.2. The van der Waals surface area contributed by atoms with E-state index < -0.39 is 0 Å². The fraction of sp³-hybridized carbons (Fsp3) is 0.111. The van der Waals surface area contributed by atoms with E-state index in [1.165, 1.54) is 0 Å². The van der Waals surface area contributed by atoms with E-state index in [1.54, 1.807) is 24.5 Å². The Morgan fingerprint density at radius 2 is 1.79 bits per heavy atom. The second kappa shape index (κ2) is 3.59. The standard InChI is InChI=1S/C9H7Cl2N3/c1-14-5-12-13-9(14)6-2-7(10)4-8(11)3-6/h2-5H,1H3. The number of halogens is 2. The molecule has 0 unspecified atom stereocenters. The molecule has 0 fully saturated rings. The summed E-state index contributed by atoms with van der Waals surface area (Å²) in [6, 6.07) is 5.29. The molecule has 5 heteroatoms. The molecule has 2 aromatic rings. The van der Waals surface area contributed by atoms with Crippen molar-refractivity contribution in [3.05, 3.63) is 34.6 Å². The zero-order chi connectivity index (χ0) is 10.1. The Bertz CT molecular complexity index is 445. The van der Waals surface area contributed by atoms with Gasteiger partial charge in [-0.05, 0) is 18.2 Å². The van der Waals surface area contributed by atoms with Gasteiger partial charge in [-0.25, -0.2) is 0 Å². The van der Waals surface area contributed by atoms with Gasteiger partial charge in [0.25, 0.3) is 0 Å². The first kappa shape index (κ1) is 9.49. The van der Waals surface area contributed by atoms with Gasteiger partial charge in [-0.1, -0.05) is 23.2 Å². The predicted octanol–water partition coefficient (Wildman–Crippen LogP) is 2.79. The average molecular weight is 228 g/mol. The predicted molar refractivity (Wildman–Crippen MR) is 56.5 cm³/mol. The van der Waals surface area contributed by atoms with E-state index in [1.807, 2.05) is 11.6 Å². The molecule has 0 aliphatic carbocycles. The Balaban J connectivity index is 2.57. The summed E-state index contributed by atoms with van der Waals surface area (Å²) in [4.78, 5) is 0. The minimum atomic E-state index is 0.593. The lowest BCUT2D eigenvalue weighted by Crippen LogP contribution is -1.90. The smallest absolute Gasteiger partial charge is 0.163 e. The number of aryl methyl sites for hydroxylation is 1. The number of hydrogen-bond acceptors (Lipinski definition) is 2. The molecule has 0 aliphatic rings. The molecule has 1 heterocycles. The number of aromatic nitrogens is 3. The molecule has 1 aromatic heterocycles. The largest absolute Gasteiger partial charge is 0.317 e. The number of hydrogen-bond donors (Lipinski definition) is 0. The van der Waals surface area contributed by atoms with Crippen molar-refractivity contribution in [1.82, 2.24) is 14.8 Å². The van der Waals surface area contributed by atoms with E-state index in [0.717, 1.165) is 11.4 Å². The van der Waals surface area contributed by atoms with Gasteiger partial charge in [-0.3, -0.25) is 0 Å². The molecule has 2 rings (SSSR count). The van der Waals surface area contributed by atoms with Crippen molar-refractivity contribution < 1.29 is 0 Å². The van der Waals surface area contributed by atoms with Crippen LogP contribution in [0.1, 0.15) is 0 Å². The normalized spacial score (nSPS) is 10.5. The lowest BCUT2D eigenvalue weighted by molar-refractivity contribution is 0.920. The molecule has 0 radical (unpaired) electrons. The van der Waals surface area contributed by atoms with Crippen LogP contribution in [0.2, 0.25) is 10.0 Å². The van der Waals surface area contributed by atoms with Crippen LogP contribution < -0.4 is 0 Å². The Labute approximate surface area is 91.3 Å². The van der Waals surface area contributed by atoms with Crippen molar-refractivity contribution in [1.29, 1.82) is 0 Å². The summed E-state index contributed by atoms with van der Waals surface area (Å²) in [5, 5.41) is 8.93. The Hall–Kier alpha value is -1.06. The topological polar surface area (TPSA) is 30.7 Å². The third kappa shape index (κ3) is 1.74. The summed E-state index contributed by atoms with van der Waals surface area (Å²) < 4.78 is 1.81. The fourth-order valence-electron chi connectivity index (χ4n) is 1.23. The first-order chi connectivity index (χ1) is 6.66. The molecule has 3 nitrogen and oxygen atoms in total. The minimum absolute atomic E-state index is 0.593. The van der Waals surface area contributed by atoms with Crippen LogP contribution in [0.15, 0.2) is 24.5 Å². The van der Waals surface area contributed by atoms with Crippen LogP contribution in [0.3, 0.4) is 0 Å². The first-order valence-corrected chi connectivity index (χ1v) is 4.73. The van der Waals surface area contributed by atoms with Gasteiger partial charge in [0.05, 0.1) is 0 Å². The Morgan fingerprint density at radius 1 is 1.14 bits per heavy atom. The molecule has 14 heavy (non-hydrogen) atoms. The van der Waals surface area contributed by atoms with Crippen LogP contribution in [0, 0.1) is 0 Å². The van der Waals surface area contributed by atoms with Crippen LogP contribution in [-0.2, 0) is 7.05 Å². The third-order valence-corrected chi connectivity index (χ3v) is 2.27. The molecule has 0 aliphatic heterocycles. The van der Waals surface area contributed by atoms with Crippen LogP contribution in [0.25, 0.3) is 11.4 Å². The molecule has 0 saturated heterocycles. The highest BCUT2D eigenvalue weighted by atomic mass is 35.5. The van der Waals surface area contributed by atoms with Gasteiger partial charge < -0.3 is 4.57 Å². The molecule has 0 saturated carbocycles. The van der Waals surface area contributed by atoms with Gasteiger partial charge in [0.1, 0.15) is 6.33 Å². The van der Waals surface area contributed by atoms with E-state index in [4.69, 9.17) is 23.2 Å². The van der Waals surface area contributed by atoms with Crippen molar-refractivity contribution in [2.24, 2.45) is 7.05 Å². The van der Waals surface area contributed by atoms with E-state index in [0.29, 0.717) is 10.0 Å². The van der Waals surface area contributed by atoms with Gasteiger partial charge in [-0.15, -0.1) is 10.2 Å². The summed E-state index contributed by atoms with van der Waals surface area (Å²) in [5.74, 6) is 0.745. The van der Waals surface area contributed by atoms with E-state index in [9.17, 15) is 0 Å². The van der Waals surface area contributed by atoms with Crippen molar-refractivity contribution in [2.75, 3.05) is 0 Å². The summed E-state index contributed by atoms with van der Waals surface area (Å²) in [7, 11) is 1.87. The molecule has 0 N–H and O–H groups in total. The second-order valence-corrected chi connectivity index (χ2v) is 3.80. The van der Waals surface area contributed by atoms with Crippen LogP contribution >= 0.6 is 23.2 Å². The summed E-state index contributed by atoms with van der Waals surface area (Å²) in [6.45, 7) is 0. The Morgan fingerprint density at radius 3 is 2.29 bits per heavy atom. The zero-order valence-corrected chi connectivity index (χ0v) is 8.92. The van der Waals surface area contributed by atoms with Crippen LogP contribution in [0.5, 0.6) is 0 Å². The maximum atomic E-state index is 5.88. The van der Waals surface area contributed by atoms with Gasteiger partial charge in [0, 0.05) is 22.7 Å². The summed E-state index contributed by atoms with van der Waals surface area (Å²) in [5.41, 5.74) is 0.863. The minimum Gasteiger partial charge on any atom is -0.317 e. The summed E-state index contributed by atoms with van der Waals surface area (Å²) in [6.07, 6.45) is 1.63. The lowest BCUT2D eigenvalue weighted by Gasteiger charge is -2.01. The highest BCUT2D eigenvalue weighted by molar-refractivity contribution is 6.35. The van der Waals surface area contributed by atoms with Gasteiger partial charge in [-0.2, -0.15) is 0 Å². The molecule has 0 spiro atoms. The van der Waals surface area contributed by atoms with Crippen molar-refractivity contribution in [2.45, 2.75) is 0 Å². The maximum Gasteiger partial charge on any atom is 0.163 e. The van der Waals surface area contributed by atoms with Crippen molar-refractivity contribution in [3.63, 3.8) is 0 Å². The summed E-state index contributed by atoms with van der Waals surface area (Å²) >= 11 is 11.8. The van der Waals surface area contributed by atoms with Gasteiger partial charge >= 0.3 is 0 Å². The van der Waals surface area contributed by atoms with E-state index in [2.05, 4.69) is 10.2 Å². The number of rotatable bonds is 1. The molecular weight excluding hydrogens is 221 g/mol. The molecule has 1 aromatic carbocycles. The third-order valence-electron chi connectivity index (χ3n) is 1.83. The molecule has 0 atom stereocenters. The van der Waals surface area contributed by atoms with Crippen LogP contribution in [-0.4, -0.2) is 14.8 Å². The van der Waals surface area contributed by atoms with E-state index >= 15 is 0 Å². The number of nitrogens with zero attached hydrogens (tertiary/aromatic N) is 3. The SMILES string of the molecule is Cn1cnnc1-c1cc(Cl)cc(Cl)c1. The van der Waals surface area contributed by atoms with E-state index in [-0.39, 0.29) is 0 Å². The Kier molecular flexibility index (Phi) is 2.44. The molecule has 0 amide bonds. The number of benzene rings is 1. The van der Waals surface area contributed by atoms with Crippen molar-refractivity contribution >= 4 is 23.2 Å².